The molecule has 1 aromatic heterocycles. The monoisotopic (exact) mass is 454 g/mol. The lowest BCUT2D eigenvalue weighted by Gasteiger charge is -2.22. The number of hydrogen-bond acceptors (Lipinski definition) is 5. The van der Waals surface area contributed by atoms with Crippen LogP contribution in [0.1, 0.15) is 35.9 Å². The first-order chi connectivity index (χ1) is 14.5. The maximum atomic E-state index is 12.7. The van der Waals surface area contributed by atoms with Crippen molar-refractivity contribution in [1.82, 2.24) is 14.9 Å². The largest absolute Gasteiger partial charge is 0.471 e. The third kappa shape index (κ3) is 6.95. The lowest BCUT2D eigenvalue weighted by molar-refractivity contribution is -0.185. The van der Waals surface area contributed by atoms with Gasteiger partial charge in [-0.1, -0.05) is 23.9 Å². The van der Waals surface area contributed by atoms with E-state index in [-0.39, 0.29) is 25.4 Å². The molecule has 2 rings (SSSR count). The number of benzene rings is 1. The Kier molecular flexibility index (Phi) is 8.43. The number of halogens is 3. The first kappa shape index (κ1) is 24.6. The molecule has 0 radical (unpaired) electrons. The van der Waals surface area contributed by atoms with Crippen LogP contribution in [0.2, 0.25) is 0 Å². The maximum absolute atomic E-state index is 12.7. The van der Waals surface area contributed by atoms with E-state index in [2.05, 4.69) is 15.3 Å². The number of carbonyl (C=O) groups is 2. The third-order valence-corrected chi connectivity index (χ3v) is 5.23. The van der Waals surface area contributed by atoms with Crippen LogP contribution in [0.15, 0.2) is 29.4 Å². The molecular weight excluding hydrogens is 429 g/mol. The maximum Gasteiger partial charge on any atom is 0.471 e. The summed E-state index contributed by atoms with van der Waals surface area (Å²) in [5.74, 6) is -2.12. The number of hydrogen-bond donors (Lipinski definition) is 1. The van der Waals surface area contributed by atoms with Crippen molar-refractivity contribution in [3.63, 3.8) is 0 Å². The van der Waals surface area contributed by atoms with E-state index in [4.69, 9.17) is 0 Å². The second-order valence-electron chi connectivity index (χ2n) is 6.93. The molecule has 0 aliphatic carbocycles. The summed E-state index contributed by atoms with van der Waals surface area (Å²) in [4.78, 5) is 33.4. The molecule has 0 bridgehead atoms. The van der Waals surface area contributed by atoms with Crippen LogP contribution < -0.4 is 5.32 Å². The molecule has 0 aliphatic heterocycles. The van der Waals surface area contributed by atoms with Crippen molar-refractivity contribution in [2.75, 3.05) is 18.1 Å². The summed E-state index contributed by atoms with van der Waals surface area (Å²) in [6.07, 6.45) is -2.34. The first-order valence-electron chi connectivity index (χ1n) is 9.68. The minimum absolute atomic E-state index is 0.0783. The lowest BCUT2D eigenvalue weighted by atomic mass is 10.1. The quantitative estimate of drug-likeness (QED) is 0.476. The molecule has 0 saturated carbocycles. The number of amides is 2. The van der Waals surface area contributed by atoms with Crippen molar-refractivity contribution in [2.24, 2.45) is 0 Å². The van der Waals surface area contributed by atoms with E-state index in [0.29, 0.717) is 27.7 Å². The number of nitrogens with one attached hydrogen (secondary N) is 1. The molecule has 0 spiro atoms. The minimum atomic E-state index is -4.92. The van der Waals surface area contributed by atoms with Gasteiger partial charge in [-0.05, 0) is 56.7 Å². The highest BCUT2D eigenvalue weighted by molar-refractivity contribution is 7.98. The van der Waals surface area contributed by atoms with Gasteiger partial charge < -0.3 is 10.2 Å². The van der Waals surface area contributed by atoms with E-state index >= 15 is 0 Å². The predicted molar refractivity (Wildman–Crippen MR) is 114 cm³/mol. The SMILES string of the molecule is CCN(Cc1cccc(NC(=O)CCc2c(C)nc(SC)nc2C)c1)C(=O)C(F)(F)F. The number of anilines is 1. The topological polar surface area (TPSA) is 75.2 Å². The minimum Gasteiger partial charge on any atom is -0.331 e. The zero-order valence-corrected chi connectivity index (χ0v) is 18.7. The highest BCUT2D eigenvalue weighted by Gasteiger charge is 2.41. The summed E-state index contributed by atoms with van der Waals surface area (Å²) in [5, 5.41) is 3.44. The molecular formula is C21H25F3N4O2S. The molecule has 1 N–H and O–H groups in total. The molecule has 31 heavy (non-hydrogen) atoms. The van der Waals surface area contributed by atoms with Gasteiger partial charge in [-0.15, -0.1) is 0 Å². The van der Waals surface area contributed by atoms with E-state index in [0.717, 1.165) is 17.0 Å². The molecule has 0 aliphatic rings. The molecule has 1 aromatic carbocycles. The fourth-order valence-corrected chi connectivity index (χ4v) is 3.55. The Hall–Kier alpha value is -2.62. The van der Waals surface area contributed by atoms with Gasteiger partial charge in [0, 0.05) is 36.6 Å². The smallest absolute Gasteiger partial charge is 0.331 e. The number of alkyl halides is 3. The van der Waals surface area contributed by atoms with Gasteiger partial charge >= 0.3 is 12.1 Å². The Morgan fingerprint density at radius 3 is 2.35 bits per heavy atom. The molecule has 10 heteroatoms. The highest BCUT2D eigenvalue weighted by atomic mass is 32.2. The molecule has 1 heterocycles. The van der Waals surface area contributed by atoms with Crippen molar-refractivity contribution in [2.45, 2.75) is 51.5 Å². The van der Waals surface area contributed by atoms with Crippen molar-refractivity contribution < 1.29 is 22.8 Å². The Labute approximate surface area is 183 Å². The average molecular weight is 455 g/mol. The second-order valence-corrected chi connectivity index (χ2v) is 7.70. The van der Waals surface area contributed by atoms with Crippen LogP contribution in [0.25, 0.3) is 0 Å². The van der Waals surface area contributed by atoms with Crippen LogP contribution in [0.4, 0.5) is 18.9 Å². The molecule has 6 nitrogen and oxygen atoms in total. The molecule has 168 valence electrons. The van der Waals surface area contributed by atoms with Gasteiger partial charge in [0.05, 0.1) is 0 Å². The Morgan fingerprint density at radius 1 is 1.16 bits per heavy atom. The summed E-state index contributed by atoms with van der Waals surface area (Å²) in [5.41, 5.74) is 3.54. The van der Waals surface area contributed by atoms with Crippen molar-refractivity contribution in [3.8, 4) is 0 Å². The van der Waals surface area contributed by atoms with Crippen LogP contribution in [0.5, 0.6) is 0 Å². The lowest BCUT2D eigenvalue weighted by Crippen LogP contribution is -2.40. The summed E-state index contributed by atoms with van der Waals surface area (Å²) in [6.45, 7) is 4.97. The van der Waals surface area contributed by atoms with Crippen LogP contribution in [0.3, 0.4) is 0 Å². The van der Waals surface area contributed by atoms with Crippen LogP contribution in [-0.4, -0.2) is 45.7 Å². The number of rotatable bonds is 8. The van der Waals surface area contributed by atoms with E-state index in [1.54, 1.807) is 24.3 Å². The van der Waals surface area contributed by atoms with E-state index < -0.39 is 12.1 Å². The van der Waals surface area contributed by atoms with Gasteiger partial charge in [-0.2, -0.15) is 13.2 Å². The van der Waals surface area contributed by atoms with Crippen molar-refractivity contribution in [3.05, 3.63) is 46.8 Å². The van der Waals surface area contributed by atoms with Gasteiger partial charge in [0.2, 0.25) is 5.91 Å². The Morgan fingerprint density at radius 2 is 1.81 bits per heavy atom. The highest BCUT2D eigenvalue weighted by Crippen LogP contribution is 2.21. The zero-order valence-electron chi connectivity index (χ0n) is 17.8. The summed E-state index contributed by atoms with van der Waals surface area (Å²) in [6, 6.07) is 6.45. The van der Waals surface area contributed by atoms with E-state index in [1.165, 1.54) is 18.7 Å². The fourth-order valence-electron chi connectivity index (χ4n) is 3.10. The number of aryl methyl sites for hydroxylation is 2. The van der Waals surface area contributed by atoms with Gasteiger partial charge in [-0.25, -0.2) is 9.97 Å². The molecule has 2 aromatic rings. The molecule has 0 fully saturated rings. The first-order valence-corrected chi connectivity index (χ1v) is 10.9. The second kappa shape index (κ2) is 10.6. The van der Waals surface area contributed by atoms with E-state index in [1.807, 2.05) is 20.1 Å². The Bertz CT molecular complexity index is 927. The fraction of sp³-hybridized carbons (Fsp3) is 0.429. The zero-order chi connectivity index (χ0) is 23.2. The molecule has 0 unspecified atom stereocenters. The van der Waals surface area contributed by atoms with E-state index in [9.17, 15) is 22.8 Å². The van der Waals surface area contributed by atoms with Gasteiger partial charge in [0.1, 0.15) is 0 Å². The summed E-state index contributed by atoms with van der Waals surface area (Å²) < 4.78 is 38.1. The number of carbonyl (C=O) groups excluding carboxylic acids is 2. The molecule has 0 atom stereocenters. The van der Waals surface area contributed by atoms with Crippen LogP contribution >= 0.6 is 11.8 Å². The summed E-state index contributed by atoms with van der Waals surface area (Å²) >= 11 is 1.45. The van der Waals surface area contributed by atoms with Crippen molar-refractivity contribution in [1.29, 1.82) is 0 Å². The van der Waals surface area contributed by atoms with Crippen LogP contribution in [-0.2, 0) is 22.6 Å². The van der Waals surface area contributed by atoms with Gasteiger partial charge in [-0.3, -0.25) is 9.59 Å². The van der Waals surface area contributed by atoms with Gasteiger partial charge in [0.15, 0.2) is 5.16 Å². The Balaban J connectivity index is 2.01. The predicted octanol–water partition coefficient (Wildman–Crippen LogP) is 4.30. The average Bonchev–Trinajstić information content (AvgIpc) is 2.70. The molecule has 2 amide bonds. The number of nitrogens with zero attached hydrogens (tertiary/aromatic N) is 3. The summed E-state index contributed by atoms with van der Waals surface area (Å²) in [7, 11) is 0. The number of aromatic nitrogens is 2. The van der Waals surface area contributed by atoms with Gasteiger partial charge in [0.25, 0.3) is 0 Å². The molecule has 0 saturated heterocycles. The van der Waals surface area contributed by atoms with Crippen LogP contribution in [0, 0.1) is 13.8 Å². The van der Waals surface area contributed by atoms with Crippen molar-refractivity contribution >= 4 is 29.3 Å². The third-order valence-electron chi connectivity index (χ3n) is 4.68. The number of thioether (sulfide) groups is 1. The normalized spacial score (nSPS) is 11.3. The standard InChI is InChI=1S/C21H25F3N4O2S/c1-5-28(19(30)21(22,23)24)12-15-7-6-8-16(11-15)27-18(29)10-9-17-13(2)25-20(31-4)26-14(17)3/h6-8,11H,5,9-10,12H2,1-4H3,(H,27,29).